The Morgan fingerprint density at radius 2 is 1.84 bits per heavy atom. The number of halogens is 1. The van der Waals surface area contributed by atoms with Crippen molar-refractivity contribution in [1.82, 2.24) is 0 Å². The molecular weight excluding hydrogens is 248 g/mol. The van der Waals surface area contributed by atoms with Gasteiger partial charge in [0.2, 0.25) is 0 Å². The fraction of sp³-hybridized carbons (Fsp3) is 0.538. The van der Waals surface area contributed by atoms with E-state index in [1.54, 1.807) is 27.7 Å². The number of ether oxygens (including phenoxy) is 1. The third kappa shape index (κ3) is 3.61. The van der Waals surface area contributed by atoms with Crippen molar-refractivity contribution < 1.29 is 18.9 Å². The lowest BCUT2D eigenvalue weighted by atomic mass is 9.82. The van der Waals surface area contributed by atoms with Crippen molar-refractivity contribution in [1.29, 1.82) is 0 Å². The number of benzene rings is 1. The van der Waals surface area contributed by atoms with Gasteiger partial charge in [-0.3, -0.25) is 0 Å². The number of nitrogens with two attached hydrogens (primary N) is 1. The number of methoxy groups -OCH3 is 1. The van der Waals surface area contributed by atoms with E-state index in [4.69, 9.17) is 15.1 Å². The summed E-state index contributed by atoms with van der Waals surface area (Å²) in [6.45, 7) is 6.82. The van der Waals surface area contributed by atoms with Crippen LogP contribution >= 0.6 is 0 Å². The van der Waals surface area contributed by atoms with Gasteiger partial charge in [-0.2, -0.15) is 0 Å². The molecule has 105 valence electrons. The molecule has 0 heterocycles. The molecule has 1 radical (unpaired) electrons. The molecule has 1 rings (SSSR count). The lowest BCUT2D eigenvalue weighted by Crippen LogP contribution is -2.49. The molecule has 0 fully saturated rings. The average molecular weight is 268 g/mol. The second-order valence-electron chi connectivity index (χ2n) is 5.43. The van der Waals surface area contributed by atoms with Gasteiger partial charge in [0, 0.05) is 0 Å². The van der Waals surface area contributed by atoms with E-state index in [9.17, 15) is 9.50 Å². The first-order valence-electron chi connectivity index (χ1n) is 5.95. The summed E-state index contributed by atoms with van der Waals surface area (Å²) in [5, 5.41) is 9.97. The minimum atomic E-state index is -1.03. The zero-order valence-electron chi connectivity index (χ0n) is 12.0. The Morgan fingerprint density at radius 1 is 1.26 bits per heavy atom. The van der Waals surface area contributed by atoms with Crippen LogP contribution in [0.2, 0.25) is 0 Å². The van der Waals surface area contributed by atoms with E-state index in [1.165, 1.54) is 26.7 Å². The molecule has 1 aromatic rings. The molecule has 0 aliphatic carbocycles. The van der Waals surface area contributed by atoms with Crippen LogP contribution < -0.4 is 15.9 Å². The van der Waals surface area contributed by atoms with Gasteiger partial charge in [-0.05, 0) is 45.3 Å². The minimum Gasteiger partial charge on any atom is -0.494 e. The Hall–Kier alpha value is -1.27. The van der Waals surface area contributed by atoms with Gasteiger partial charge in [0.1, 0.15) is 0 Å². The quantitative estimate of drug-likeness (QED) is 0.622. The van der Waals surface area contributed by atoms with Crippen molar-refractivity contribution in [3.05, 3.63) is 17.9 Å². The number of hydrogen-bond acceptors (Lipinski definition) is 4. The SMILES string of the molecule is COc1cc([B]OC(C)(C)C(C)(C)O)cc(N)c1F. The van der Waals surface area contributed by atoms with Crippen LogP contribution in [-0.4, -0.2) is 30.9 Å². The number of hydrogen-bond donors (Lipinski definition) is 2. The van der Waals surface area contributed by atoms with E-state index < -0.39 is 17.0 Å². The predicted molar refractivity (Wildman–Crippen MR) is 74.2 cm³/mol. The first-order chi connectivity index (χ1) is 8.58. The molecule has 0 atom stereocenters. The highest BCUT2D eigenvalue weighted by Crippen LogP contribution is 2.25. The lowest BCUT2D eigenvalue weighted by Gasteiger charge is -2.37. The van der Waals surface area contributed by atoms with Gasteiger partial charge in [-0.15, -0.1) is 0 Å². The summed E-state index contributed by atoms with van der Waals surface area (Å²) in [6.07, 6.45) is 0. The molecule has 0 aromatic heterocycles. The Morgan fingerprint density at radius 3 is 2.32 bits per heavy atom. The van der Waals surface area contributed by atoms with Gasteiger partial charge < -0.3 is 20.2 Å². The zero-order chi connectivity index (χ0) is 14.8. The number of anilines is 1. The fourth-order valence-electron chi connectivity index (χ4n) is 1.22. The highest BCUT2D eigenvalue weighted by molar-refractivity contribution is 6.47. The van der Waals surface area contributed by atoms with Crippen LogP contribution in [0.1, 0.15) is 27.7 Å². The highest BCUT2D eigenvalue weighted by atomic mass is 19.1. The van der Waals surface area contributed by atoms with Crippen LogP contribution in [0.3, 0.4) is 0 Å². The molecule has 0 amide bonds. The van der Waals surface area contributed by atoms with Gasteiger partial charge in [0.25, 0.3) is 0 Å². The van der Waals surface area contributed by atoms with Crippen molar-refractivity contribution in [3.63, 3.8) is 0 Å². The van der Waals surface area contributed by atoms with E-state index in [0.717, 1.165) is 0 Å². The maximum atomic E-state index is 13.5. The van der Waals surface area contributed by atoms with Crippen LogP contribution in [0.5, 0.6) is 5.75 Å². The molecule has 0 bridgehead atoms. The van der Waals surface area contributed by atoms with Gasteiger partial charge in [-0.25, -0.2) is 4.39 Å². The van der Waals surface area contributed by atoms with Crippen molar-refractivity contribution in [2.45, 2.75) is 38.9 Å². The van der Waals surface area contributed by atoms with E-state index in [0.29, 0.717) is 5.46 Å². The summed E-state index contributed by atoms with van der Waals surface area (Å²) in [7, 11) is 2.79. The van der Waals surface area contributed by atoms with Crippen LogP contribution in [0.4, 0.5) is 10.1 Å². The molecule has 0 aliphatic heterocycles. The molecule has 6 heteroatoms. The summed E-state index contributed by atoms with van der Waals surface area (Å²) >= 11 is 0. The first kappa shape index (κ1) is 15.8. The molecule has 0 saturated carbocycles. The van der Waals surface area contributed by atoms with Crippen LogP contribution in [0.25, 0.3) is 0 Å². The van der Waals surface area contributed by atoms with E-state index in [2.05, 4.69) is 0 Å². The van der Waals surface area contributed by atoms with Crippen molar-refractivity contribution >= 4 is 18.6 Å². The van der Waals surface area contributed by atoms with Gasteiger partial charge in [0.05, 0.1) is 24.0 Å². The molecule has 0 saturated heterocycles. The number of aliphatic hydroxyl groups is 1. The molecule has 4 nitrogen and oxygen atoms in total. The monoisotopic (exact) mass is 268 g/mol. The number of nitrogen functional groups attached to an aromatic ring is 1. The topological polar surface area (TPSA) is 64.7 Å². The molecule has 0 unspecified atom stereocenters. The Labute approximate surface area is 114 Å². The molecule has 0 aliphatic rings. The summed E-state index contributed by atoms with van der Waals surface area (Å²) in [5.74, 6) is -0.544. The van der Waals surface area contributed by atoms with Gasteiger partial charge in [0.15, 0.2) is 11.6 Å². The van der Waals surface area contributed by atoms with Gasteiger partial charge in [-0.1, -0.05) is 0 Å². The van der Waals surface area contributed by atoms with E-state index >= 15 is 0 Å². The van der Waals surface area contributed by atoms with Crippen LogP contribution in [0, 0.1) is 5.82 Å². The van der Waals surface area contributed by atoms with Crippen LogP contribution in [0.15, 0.2) is 12.1 Å². The van der Waals surface area contributed by atoms with Crippen molar-refractivity contribution in [2.75, 3.05) is 12.8 Å². The molecule has 1 aromatic carbocycles. The standard InChI is InChI=1S/C13H20BFNO3/c1-12(2,17)13(3,4)19-14-8-6-9(16)11(15)10(7-8)18-5/h6-7,17H,16H2,1-5H3. The second kappa shape index (κ2) is 5.39. The average Bonchev–Trinajstić information content (AvgIpc) is 2.29. The third-order valence-electron chi connectivity index (χ3n) is 3.27. The van der Waals surface area contributed by atoms with Crippen molar-refractivity contribution in [2.24, 2.45) is 0 Å². The molecule has 0 spiro atoms. The summed E-state index contributed by atoms with van der Waals surface area (Å²) in [5.41, 5.74) is 4.26. The summed E-state index contributed by atoms with van der Waals surface area (Å²) in [4.78, 5) is 0. The largest absolute Gasteiger partial charge is 0.494 e. The normalized spacial score (nSPS) is 12.4. The molecular formula is C13H20BFNO3. The molecule has 3 N–H and O–H groups in total. The Balaban J connectivity index is 2.88. The third-order valence-corrected chi connectivity index (χ3v) is 3.27. The highest BCUT2D eigenvalue weighted by Gasteiger charge is 2.35. The van der Waals surface area contributed by atoms with Crippen LogP contribution in [-0.2, 0) is 4.65 Å². The maximum Gasteiger partial charge on any atom is 0.331 e. The zero-order valence-corrected chi connectivity index (χ0v) is 12.0. The fourth-order valence-corrected chi connectivity index (χ4v) is 1.22. The Bertz CT molecular complexity index is 458. The number of rotatable bonds is 5. The summed E-state index contributed by atoms with van der Waals surface area (Å²) < 4.78 is 24.0. The first-order valence-corrected chi connectivity index (χ1v) is 5.95. The predicted octanol–water partition coefficient (Wildman–Crippen LogP) is 1.23. The Kier molecular flexibility index (Phi) is 4.48. The van der Waals surface area contributed by atoms with E-state index in [-0.39, 0.29) is 11.4 Å². The minimum absolute atomic E-state index is 0.0183. The second-order valence-corrected chi connectivity index (χ2v) is 5.43. The summed E-state index contributed by atoms with van der Waals surface area (Å²) in [6, 6.07) is 2.92. The van der Waals surface area contributed by atoms with E-state index in [1.807, 2.05) is 0 Å². The maximum absolute atomic E-state index is 13.5. The smallest absolute Gasteiger partial charge is 0.331 e. The van der Waals surface area contributed by atoms with Gasteiger partial charge >= 0.3 is 7.48 Å². The molecule has 19 heavy (non-hydrogen) atoms. The van der Waals surface area contributed by atoms with Crippen molar-refractivity contribution in [3.8, 4) is 5.75 Å². The lowest BCUT2D eigenvalue weighted by molar-refractivity contribution is -0.0893.